The van der Waals surface area contributed by atoms with E-state index in [-0.39, 0.29) is 11.8 Å². The Morgan fingerprint density at radius 3 is 2.83 bits per heavy atom. The van der Waals surface area contributed by atoms with Crippen LogP contribution in [0.25, 0.3) is 0 Å². The van der Waals surface area contributed by atoms with Gasteiger partial charge in [0.05, 0.1) is 5.92 Å². The number of benzene rings is 2. The third-order valence-electron chi connectivity index (χ3n) is 5.03. The van der Waals surface area contributed by atoms with Gasteiger partial charge in [0.2, 0.25) is 5.91 Å². The van der Waals surface area contributed by atoms with Crippen LogP contribution in [0, 0.1) is 12.8 Å². The van der Waals surface area contributed by atoms with Gasteiger partial charge in [-0.1, -0.05) is 47.1 Å². The van der Waals surface area contributed by atoms with Crippen LogP contribution in [0.1, 0.15) is 18.4 Å². The zero-order valence-electron chi connectivity index (χ0n) is 16.7. The van der Waals surface area contributed by atoms with Crippen LogP contribution >= 0.6 is 23.4 Å². The molecule has 30 heavy (non-hydrogen) atoms. The smallest absolute Gasteiger partial charge is 0.229 e. The number of carbonyl (C=O) groups excluding carboxylic acids is 1. The number of aryl methyl sites for hydroxylation is 1. The predicted octanol–water partition coefficient (Wildman–Crippen LogP) is 5.44. The van der Waals surface area contributed by atoms with Crippen molar-refractivity contribution in [3.63, 3.8) is 0 Å². The Hall–Kier alpha value is -2.57. The highest BCUT2D eigenvalue weighted by Crippen LogP contribution is 2.34. The molecule has 1 N–H and O–H groups in total. The van der Waals surface area contributed by atoms with Crippen molar-refractivity contribution in [2.75, 3.05) is 23.3 Å². The lowest BCUT2D eigenvalue weighted by atomic mass is 9.97. The summed E-state index contributed by atoms with van der Waals surface area (Å²) >= 11 is 7.64. The summed E-state index contributed by atoms with van der Waals surface area (Å²) in [6.07, 6.45) is 5.21. The fourth-order valence-electron chi connectivity index (χ4n) is 3.59. The number of rotatable bonds is 5. The van der Waals surface area contributed by atoms with Crippen molar-refractivity contribution in [3.05, 3.63) is 71.5 Å². The van der Waals surface area contributed by atoms with E-state index in [2.05, 4.69) is 45.3 Å². The Labute approximate surface area is 185 Å². The quantitative estimate of drug-likeness (QED) is 0.574. The van der Waals surface area contributed by atoms with Crippen LogP contribution in [0.2, 0.25) is 5.02 Å². The largest absolute Gasteiger partial charge is 0.354 e. The van der Waals surface area contributed by atoms with Gasteiger partial charge < -0.3 is 10.2 Å². The van der Waals surface area contributed by atoms with Gasteiger partial charge in [-0.15, -0.1) is 0 Å². The zero-order chi connectivity index (χ0) is 20.9. The molecule has 0 radical (unpaired) electrons. The minimum absolute atomic E-state index is 0.0127. The van der Waals surface area contributed by atoms with Gasteiger partial charge >= 0.3 is 0 Å². The minimum Gasteiger partial charge on any atom is -0.354 e. The summed E-state index contributed by atoms with van der Waals surface area (Å²) in [5.41, 5.74) is 1.93. The second-order valence-corrected chi connectivity index (χ2v) is 8.89. The third-order valence-corrected chi connectivity index (χ3v) is 6.24. The van der Waals surface area contributed by atoms with Crippen LogP contribution in [-0.4, -0.2) is 29.0 Å². The average Bonchev–Trinajstić information content (AvgIpc) is 2.74. The van der Waals surface area contributed by atoms with E-state index in [1.54, 1.807) is 36.3 Å². The van der Waals surface area contributed by atoms with E-state index in [4.69, 9.17) is 11.6 Å². The Morgan fingerprint density at radius 2 is 2.00 bits per heavy atom. The monoisotopic (exact) mass is 438 g/mol. The molecule has 0 unspecified atom stereocenters. The standard InChI is InChI=1S/C23H23ClN4OS/c1-16-5-2-9-20(13-16)30-23-21(25-10-11-26-23)28-12-4-6-17(15-28)22(29)27-19-8-3-7-18(24)14-19/h2-3,5,7-11,13-14,17H,4,6,12,15H2,1H3,(H,27,29)/t17-/m1/s1. The molecular weight excluding hydrogens is 416 g/mol. The van der Waals surface area contributed by atoms with Crippen LogP contribution < -0.4 is 10.2 Å². The maximum atomic E-state index is 12.8. The highest BCUT2D eigenvalue weighted by Gasteiger charge is 2.28. The molecule has 3 aromatic rings. The second kappa shape index (κ2) is 9.49. The van der Waals surface area contributed by atoms with Crippen molar-refractivity contribution in [1.82, 2.24) is 9.97 Å². The molecule has 2 aromatic carbocycles. The van der Waals surface area contributed by atoms with Crippen molar-refractivity contribution in [2.45, 2.75) is 29.7 Å². The molecule has 1 amide bonds. The molecular formula is C23H23ClN4OS. The summed E-state index contributed by atoms with van der Waals surface area (Å²) in [7, 11) is 0. The van der Waals surface area contributed by atoms with E-state index < -0.39 is 0 Å². The first-order valence-corrected chi connectivity index (χ1v) is 11.1. The molecule has 1 aliphatic heterocycles. The maximum absolute atomic E-state index is 12.8. The minimum atomic E-state index is -0.114. The number of hydrogen-bond donors (Lipinski definition) is 1. The van der Waals surface area contributed by atoms with Crippen LogP contribution in [0.3, 0.4) is 0 Å². The lowest BCUT2D eigenvalue weighted by Crippen LogP contribution is -2.41. The fourth-order valence-corrected chi connectivity index (χ4v) is 4.78. The fraction of sp³-hybridized carbons (Fsp3) is 0.261. The molecule has 7 heteroatoms. The molecule has 1 aromatic heterocycles. The number of hydrogen-bond acceptors (Lipinski definition) is 5. The normalized spacial score (nSPS) is 16.3. The second-order valence-electron chi connectivity index (χ2n) is 7.39. The SMILES string of the molecule is Cc1cccc(Sc2nccnc2N2CCC[C@@H](C(=O)Nc3cccc(Cl)c3)C2)c1. The van der Waals surface area contributed by atoms with E-state index in [1.807, 2.05) is 18.2 Å². The van der Waals surface area contributed by atoms with Gasteiger partial charge in [-0.05, 0) is 50.1 Å². The number of nitrogens with one attached hydrogen (secondary N) is 1. The Balaban J connectivity index is 1.49. The summed E-state index contributed by atoms with van der Waals surface area (Å²) in [4.78, 5) is 25.3. The highest BCUT2D eigenvalue weighted by atomic mass is 35.5. The molecule has 4 rings (SSSR count). The molecule has 1 saturated heterocycles. The van der Waals surface area contributed by atoms with E-state index in [9.17, 15) is 4.79 Å². The van der Waals surface area contributed by atoms with Gasteiger partial charge in [-0.2, -0.15) is 0 Å². The van der Waals surface area contributed by atoms with Crippen LogP contribution in [0.4, 0.5) is 11.5 Å². The summed E-state index contributed by atoms with van der Waals surface area (Å²) < 4.78 is 0. The lowest BCUT2D eigenvalue weighted by molar-refractivity contribution is -0.120. The number of aromatic nitrogens is 2. The number of nitrogens with zero attached hydrogens (tertiary/aromatic N) is 3. The molecule has 0 saturated carbocycles. The van der Waals surface area contributed by atoms with E-state index in [0.717, 1.165) is 40.8 Å². The molecule has 1 atom stereocenters. The Kier molecular flexibility index (Phi) is 6.55. The number of piperidine rings is 1. The Morgan fingerprint density at radius 1 is 1.17 bits per heavy atom. The predicted molar refractivity (Wildman–Crippen MR) is 122 cm³/mol. The van der Waals surface area contributed by atoms with Crippen molar-refractivity contribution >= 4 is 40.8 Å². The number of anilines is 2. The molecule has 5 nitrogen and oxygen atoms in total. The first kappa shape index (κ1) is 20.7. The van der Waals surface area contributed by atoms with Crippen molar-refractivity contribution in [2.24, 2.45) is 5.92 Å². The molecule has 2 heterocycles. The number of carbonyl (C=O) groups is 1. The zero-order valence-corrected chi connectivity index (χ0v) is 18.3. The van der Waals surface area contributed by atoms with Gasteiger partial charge in [0.15, 0.2) is 5.82 Å². The first-order chi connectivity index (χ1) is 14.6. The van der Waals surface area contributed by atoms with Crippen LogP contribution in [0.5, 0.6) is 0 Å². The average molecular weight is 439 g/mol. The molecule has 0 spiro atoms. The van der Waals surface area contributed by atoms with Crippen molar-refractivity contribution < 1.29 is 4.79 Å². The van der Waals surface area contributed by atoms with Gasteiger partial charge in [-0.25, -0.2) is 9.97 Å². The van der Waals surface area contributed by atoms with Gasteiger partial charge in [0, 0.05) is 41.1 Å². The summed E-state index contributed by atoms with van der Waals surface area (Å²) in [5.74, 6) is 0.736. The highest BCUT2D eigenvalue weighted by molar-refractivity contribution is 7.99. The van der Waals surface area contributed by atoms with Crippen LogP contribution in [-0.2, 0) is 4.79 Å². The summed E-state index contributed by atoms with van der Waals surface area (Å²) in [6.45, 7) is 3.56. The van der Waals surface area contributed by atoms with Gasteiger partial charge in [-0.3, -0.25) is 4.79 Å². The summed E-state index contributed by atoms with van der Waals surface area (Å²) in [5, 5.41) is 4.46. The molecule has 1 fully saturated rings. The summed E-state index contributed by atoms with van der Waals surface area (Å²) in [6, 6.07) is 15.6. The molecule has 0 bridgehead atoms. The number of halogens is 1. The van der Waals surface area contributed by atoms with Crippen molar-refractivity contribution in [3.8, 4) is 0 Å². The first-order valence-electron chi connectivity index (χ1n) is 9.95. The van der Waals surface area contributed by atoms with Crippen LogP contribution in [0.15, 0.2) is 70.8 Å². The van der Waals surface area contributed by atoms with Gasteiger partial charge in [0.1, 0.15) is 5.03 Å². The maximum Gasteiger partial charge on any atom is 0.229 e. The van der Waals surface area contributed by atoms with E-state index in [0.29, 0.717) is 11.6 Å². The Bertz CT molecular complexity index is 1040. The molecule has 1 aliphatic rings. The molecule has 0 aliphatic carbocycles. The topological polar surface area (TPSA) is 58.1 Å². The van der Waals surface area contributed by atoms with E-state index >= 15 is 0 Å². The third kappa shape index (κ3) is 5.12. The van der Waals surface area contributed by atoms with Gasteiger partial charge in [0.25, 0.3) is 0 Å². The lowest BCUT2D eigenvalue weighted by Gasteiger charge is -2.33. The molecule has 154 valence electrons. The van der Waals surface area contributed by atoms with Crippen molar-refractivity contribution in [1.29, 1.82) is 0 Å². The van der Waals surface area contributed by atoms with E-state index in [1.165, 1.54) is 5.56 Å². The number of amides is 1.